The van der Waals surface area contributed by atoms with Crippen LogP contribution in [-0.4, -0.2) is 20.9 Å². The first-order valence-corrected chi connectivity index (χ1v) is 10.1. The van der Waals surface area contributed by atoms with Gasteiger partial charge in [0.15, 0.2) is 11.6 Å². The van der Waals surface area contributed by atoms with Crippen LogP contribution >= 0.6 is 0 Å². The van der Waals surface area contributed by atoms with Crippen LogP contribution in [0.5, 0.6) is 0 Å². The number of rotatable bonds is 7. The van der Waals surface area contributed by atoms with Crippen LogP contribution in [-0.2, 0) is 4.79 Å². The minimum atomic E-state index is -0.498. The number of nitrogens with one attached hydrogen (secondary N) is 3. The number of hydrogen-bond acceptors (Lipinski definition) is 7. The van der Waals surface area contributed by atoms with Crippen molar-refractivity contribution in [1.82, 2.24) is 20.4 Å². The van der Waals surface area contributed by atoms with Gasteiger partial charge >= 0.3 is 0 Å². The summed E-state index contributed by atoms with van der Waals surface area (Å²) in [6.45, 7) is 1.93. The topological polar surface area (TPSA) is 118 Å². The summed E-state index contributed by atoms with van der Waals surface area (Å²) in [7, 11) is 0. The van der Waals surface area contributed by atoms with Crippen LogP contribution in [0.4, 0.5) is 23.1 Å². The largest absolute Gasteiger partial charge is 0.393 e. The van der Waals surface area contributed by atoms with E-state index >= 15 is 0 Å². The third-order valence-corrected chi connectivity index (χ3v) is 4.96. The van der Waals surface area contributed by atoms with Gasteiger partial charge in [-0.05, 0) is 29.7 Å². The average molecular weight is 425 g/mol. The molecule has 0 atom stereocenters. The number of aryl methyl sites for hydroxylation is 1. The fourth-order valence-electron chi connectivity index (χ4n) is 3.30. The van der Waals surface area contributed by atoms with Crippen molar-refractivity contribution in [2.45, 2.75) is 12.8 Å². The molecule has 2 aromatic heterocycles. The van der Waals surface area contributed by atoms with E-state index in [0.717, 1.165) is 16.7 Å². The predicted octanol–water partition coefficient (Wildman–Crippen LogP) is 3.78. The van der Waals surface area contributed by atoms with Crippen molar-refractivity contribution in [1.29, 1.82) is 0 Å². The lowest BCUT2D eigenvalue weighted by molar-refractivity contribution is -0.121. The number of nitrogen functional groups attached to an aromatic ring is 1. The quantitative estimate of drug-likeness (QED) is 0.333. The SMILES string of the molecule is Cc1cccnc1Nc1ncnc(NNC(=O)C(c2ccccc2)c2ccccc2)c1N. The second-order valence-electron chi connectivity index (χ2n) is 7.15. The molecule has 2 heterocycles. The molecule has 0 fully saturated rings. The molecule has 0 aliphatic heterocycles. The van der Waals surface area contributed by atoms with Gasteiger partial charge in [-0.1, -0.05) is 66.7 Å². The van der Waals surface area contributed by atoms with E-state index < -0.39 is 5.92 Å². The van der Waals surface area contributed by atoms with Crippen LogP contribution in [0.15, 0.2) is 85.3 Å². The first-order valence-electron chi connectivity index (χ1n) is 10.1. The van der Waals surface area contributed by atoms with Gasteiger partial charge in [0.25, 0.3) is 0 Å². The molecule has 5 N–H and O–H groups in total. The number of nitrogens with two attached hydrogens (primary N) is 1. The van der Waals surface area contributed by atoms with E-state index in [1.807, 2.05) is 79.7 Å². The zero-order chi connectivity index (χ0) is 22.3. The molecule has 8 heteroatoms. The highest BCUT2D eigenvalue weighted by Gasteiger charge is 2.23. The number of pyridine rings is 1. The number of anilines is 4. The third kappa shape index (κ3) is 4.65. The van der Waals surface area contributed by atoms with Crippen molar-refractivity contribution in [2.24, 2.45) is 0 Å². The summed E-state index contributed by atoms with van der Waals surface area (Å²) in [4.78, 5) is 25.8. The van der Waals surface area contributed by atoms with Gasteiger partial charge in [-0.25, -0.2) is 15.0 Å². The number of amides is 1. The standard InChI is InChI=1S/C24H23N7O/c1-16-9-8-14-26-21(16)29-22-20(25)23(28-15-27-22)30-31-24(32)19(17-10-4-2-5-11-17)18-12-6-3-7-13-18/h2-15,19H,25H2,1H3,(H,31,32)(H2,26,27,28,29,30). The molecule has 2 aromatic carbocycles. The molecular formula is C24H23N7O. The number of nitrogens with zero attached hydrogens (tertiary/aromatic N) is 3. The van der Waals surface area contributed by atoms with Crippen LogP contribution < -0.4 is 21.9 Å². The van der Waals surface area contributed by atoms with Crippen molar-refractivity contribution in [2.75, 3.05) is 16.5 Å². The molecule has 0 spiro atoms. The van der Waals surface area contributed by atoms with Gasteiger partial charge in [0.1, 0.15) is 17.8 Å². The summed E-state index contributed by atoms with van der Waals surface area (Å²) in [6.07, 6.45) is 3.04. The lowest BCUT2D eigenvalue weighted by atomic mass is 9.91. The lowest BCUT2D eigenvalue weighted by Gasteiger charge is -2.19. The zero-order valence-corrected chi connectivity index (χ0v) is 17.5. The minimum absolute atomic E-state index is 0.240. The Balaban J connectivity index is 1.53. The van der Waals surface area contributed by atoms with Gasteiger partial charge < -0.3 is 11.1 Å². The summed E-state index contributed by atoms with van der Waals surface area (Å²) < 4.78 is 0. The van der Waals surface area contributed by atoms with E-state index in [1.165, 1.54) is 6.33 Å². The van der Waals surface area contributed by atoms with Gasteiger partial charge in [0.05, 0.1) is 5.92 Å². The monoisotopic (exact) mass is 425 g/mol. The molecule has 0 saturated heterocycles. The summed E-state index contributed by atoms with van der Waals surface area (Å²) in [5.41, 5.74) is 14.8. The highest BCUT2D eigenvalue weighted by atomic mass is 16.2. The zero-order valence-electron chi connectivity index (χ0n) is 17.5. The number of benzene rings is 2. The minimum Gasteiger partial charge on any atom is -0.393 e. The van der Waals surface area contributed by atoms with E-state index in [9.17, 15) is 4.79 Å². The van der Waals surface area contributed by atoms with E-state index in [0.29, 0.717) is 11.6 Å². The number of hydrogen-bond donors (Lipinski definition) is 4. The normalized spacial score (nSPS) is 10.6. The summed E-state index contributed by atoms with van der Waals surface area (Å²) in [5.74, 6) is 0.573. The van der Waals surface area contributed by atoms with Crippen molar-refractivity contribution in [3.63, 3.8) is 0 Å². The molecule has 160 valence electrons. The first kappa shape index (κ1) is 20.8. The second kappa shape index (κ2) is 9.57. The predicted molar refractivity (Wildman–Crippen MR) is 125 cm³/mol. The van der Waals surface area contributed by atoms with E-state index in [1.54, 1.807) is 6.20 Å². The second-order valence-corrected chi connectivity index (χ2v) is 7.15. The lowest BCUT2D eigenvalue weighted by Crippen LogP contribution is -2.35. The fourth-order valence-corrected chi connectivity index (χ4v) is 3.30. The maximum absolute atomic E-state index is 13.2. The van der Waals surface area contributed by atoms with Gasteiger partial charge in [-0.2, -0.15) is 0 Å². The Hall–Kier alpha value is -4.46. The number of aromatic nitrogens is 3. The highest BCUT2D eigenvalue weighted by molar-refractivity contribution is 5.88. The molecule has 1 amide bonds. The number of hydrazine groups is 1. The average Bonchev–Trinajstić information content (AvgIpc) is 2.82. The van der Waals surface area contributed by atoms with Crippen LogP contribution in [0, 0.1) is 6.92 Å². The number of carbonyl (C=O) groups is 1. The number of carbonyl (C=O) groups excluding carboxylic acids is 1. The Kier molecular flexibility index (Phi) is 6.22. The molecule has 4 rings (SSSR count). The van der Waals surface area contributed by atoms with Crippen LogP contribution in [0.1, 0.15) is 22.6 Å². The van der Waals surface area contributed by atoms with Crippen molar-refractivity contribution < 1.29 is 4.79 Å². The molecule has 32 heavy (non-hydrogen) atoms. The van der Waals surface area contributed by atoms with Gasteiger partial charge in [0, 0.05) is 6.20 Å². The third-order valence-electron chi connectivity index (χ3n) is 4.96. The van der Waals surface area contributed by atoms with E-state index in [2.05, 4.69) is 31.1 Å². The summed E-state index contributed by atoms with van der Waals surface area (Å²) in [5, 5.41) is 3.10. The maximum atomic E-state index is 13.2. The molecule has 4 aromatic rings. The van der Waals surface area contributed by atoms with Crippen LogP contribution in [0.3, 0.4) is 0 Å². The first-order chi connectivity index (χ1) is 15.6. The molecule has 0 aliphatic carbocycles. The van der Waals surface area contributed by atoms with Gasteiger partial charge in [-0.3, -0.25) is 15.6 Å². The Morgan fingerprint density at radius 2 is 1.44 bits per heavy atom. The van der Waals surface area contributed by atoms with Crippen molar-refractivity contribution in [3.8, 4) is 0 Å². The summed E-state index contributed by atoms with van der Waals surface area (Å²) >= 11 is 0. The van der Waals surface area contributed by atoms with E-state index in [-0.39, 0.29) is 17.4 Å². The molecule has 0 radical (unpaired) electrons. The summed E-state index contributed by atoms with van der Waals surface area (Å²) in [6, 6.07) is 22.9. The van der Waals surface area contributed by atoms with Crippen LogP contribution in [0.25, 0.3) is 0 Å². The molecule has 0 saturated carbocycles. The smallest absolute Gasteiger partial charge is 0.250 e. The molecule has 0 bridgehead atoms. The Morgan fingerprint density at radius 3 is 2.06 bits per heavy atom. The maximum Gasteiger partial charge on any atom is 0.250 e. The van der Waals surface area contributed by atoms with E-state index in [4.69, 9.17) is 5.73 Å². The molecule has 8 nitrogen and oxygen atoms in total. The molecule has 0 unspecified atom stereocenters. The Bertz CT molecular complexity index is 1160. The molecular weight excluding hydrogens is 402 g/mol. The van der Waals surface area contributed by atoms with Gasteiger partial charge in [-0.15, -0.1) is 0 Å². The molecule has 0 aliphatic rings. The Morgan fingerprint density at radius 1 is 0.812 bits per heavy atom. The van der Waals surface area contributed by atoms with Crippen molar-refractivity contribution in [3.05, 3.63) is 102 Å². The van der Waals surface area contributed by atoms with Crippen LogP contribution in [0.2, 0.25) is 0 Å². The van der Waals surface area contributed by atoms with Crippen molar-refractivity contribution >= 4 is 29.0 Å². The Labute approximate surface area is 185 Å². The fraction of sp³-hybridized carbons (Fsp3) is 0.0833. The highest BCUT2D eigenvalue weighted by Crippen LogP contribution is 2.27. The van der Waals surface area contributed by atoms with Gasteiger partial charge in [0.2, 0.25) is 5.91 Å².